The first-order chi connectivity index (χ1) is 11.1. The standard InChI is InChI=1S/C17H24N2O4/c1-3-22-15(20)9-6-13-4-7-14(8-5-13)19-17(21)16-12(2)23-11-10-18-16/h4-5,7-8,12,16,18H,3,6,9-11H2,1-2H3,(H,19,21)/t12-,16+/m1/s1. The van der Waals surface area contributed by atoms with Crippen LogP contribution in [-0.2, 0) is 25.5 Å². The largest absolute Gasteiger partial charge is 0.466 e. The second kappa shape index (κ2) is 8.64. The molecule has 1 aliphatic rings. The number of hydrogen-bond acceptors (Lipinski definition) is 5. The minimum absolute atomic E-state index is 0.100. The Bertz CT molecular complexity index is 530. The van der Waals surface area contributed by atoms with Gasteiger partial charge in [-0.1, -0.05) is 12.1 Å². The molecular weight excluding hydrogens is 296 g/mol. The van der Waals surface area contributed by atoms with Crippen molar-refractivity contribution in [2.24, 2.45) is 0 Å². The molecule has 2 N–H and O–H groups in total. The average molecular weight is 320 g/mol. The predicted octanol–water partition coefficient (Wildman–Crippen LogP) is 1.50. The smallest absolute Gasteiger partial charge is 0.306 e. The molecule has 2 rings (SSSR count). The average Bonchev–Trinajstić information content (AvgIpc) is 2.55. The highest BCUT2D eigenvalue weighted by atomic mass is 16.5. The van der Waals surface area contributed by atoms with E-state index in [9.17, 15) is 9.59 Å². The van der Waals surface area contributed by atoms with Crippen LogP contribution in [0.3, 0.4) is 0 Å². The van der Waals surface area contributed by atoms with E-state index in [1.165, 1.54) is 0 Å². The summed E-state index contributed by atoms with van der Waals surface area (Å²) in [5.41, 5.74) is 1.76. The number of carbonyl (C=O) groups excluding carboxylic acids is 2. The molecule has 1 aliphatic heterocycles. The summed E-state index contributed by atoms with van der Waals surface area (Å²) in [5.74, 6) is -0.293. The number of amides is 1. The number of ether oxygens (including phenoxy) is 2. The van der Waals surface area contributed by atoms with Crippen molar-refractivity contribution in [2.75, 3.05) is 25.1 Å². The van der Waals surface area contributed by atoms with Gasteiger partial charge in [-0.2, -0.15) is 0 Å². The predicted molar refractivity (Wildman–Crippen MR) is 87.2 cm³/mol. The van der Waals surface area contributed by atoms with Gasteiger partial charge >= 0.3 is 5.97 Å². The lowest BCUT2D eigenvalue weighted by atomic mass is 10.1. The maximum Gasteiger partial charge on any atom is 0.306 e. The van der Waals surface area contributed by atoms with Crippen molar-refractivity contribution >= 4 is 17.6 Å². The maximum absolute atomic E-state index is 12.2. The van der Waals surface area contributed by atoms with Gasteiger partial charge in [-0.15, -0.1) is 0 Å². The van der Waals surface area contributed by atoms with E-state index in [1.807, 2.05) is 31.2 Å². The highest BCUT2D eigenvalue weighted by Gasteiger charge is 2.28. The van der Waals surface area contributed by atoms with Gasteiger partial charge in [0.25, 0.3) is 0 Å². The molecule has 0 bridgehead atoms. The Kier molecular flexibility index (Phi) is 6.55. The minimum atomic E-state index is -0.341. The van der Waals surface area contributed by atoms with E-state index < -0.39 is 0 Å². The molecule has 2 atom stereocenters. The summed E-state index contributed by atoms with van der Waals surface area (Å²) in [6.45, 7) is 5.38. The van der Waals surface area contributed by atoms with E-state index in [1.54, 1.807) is 6.92 Å². The van der Waals surface area contributed by atoms with Crippen LogP contribution in [0.15, 0.2) is 24.3 Å². The maximum atomic E-state index is 12.2. The number of benzene rings is 1. The van der Waals surface area contributed by atoms with Crippen molar-refractivity contribution in [3.63, 3.8) is 0 Å². The molecule has 0 aromatic heterocycles. The Morgan fingerprint density at radius 1 is 1.35 bits per heavy atom. The van der Waals surface area contributed by atoms with Crippen LogP contribution in [0.4, 0.5) is 5.69 Å². The molecule has 23 heavy (non-hydrogen) atoms. The van der Waals surface area contributed by atoms with Gasteiger partial charge in [-0.25, -0.2) is 0 Å². The van der Waals surface area contributed by atoms with Gasteiger partial charge in [0.1, 0.15) is 6.04 Å². The lowest BCUT2D eigenvalue weighted by Gasteiger charge is -2.29. The molecule has 0 spiro atoms. The number of esters is 1. The van der Waals surface area contributed by atoms with Gasteiger partial charge in [0.05, 0.1) is 19.3 Å². The third kappa shape index (κ3) is 5.33. The van der Waals surface area contributed by atoms with Crippen molar-refractivity contribution in [3.05, 3.63) is 29.8 Å². The molecule has 1 fully saturated rings. The molecule has 1 heterocycles. The molecule has 1 aromatic carbocycles. The highest BCUT2D eigenvalue weighted by molar-refractivity contribution is 5.95. The molecule has 1 amide bonds. The number of aryl methyl sites for hydroxylation is 1. The van der Waals surface area contributed by atoms with Crippen LogP contribution in [0.25, 0.3) is 0 Å². The fraction of sp³-hybridized carbons (Fsp3) is 0.529. The number of anilines is 1. The Hall–Kier alpha value is -1.92. The van der Waals surface area contributed by atoms with Crippen molar-refractivity contribution in [2.45, 2.75) is 38.8 Å². The summed E-state index contributed by atoms with van der Waals surface area (Å²) in [5, 5.41) is 6.04. The van der Waals surface area contributed by atoms with Gasteiger partial charge < -0.3 is 20.1 Å². The third-order valence-electron chi connectivity index (χ3n) is 3.74. The normalized spacial score (nSPS) is 20.8. The van der Waals surface area contributed by atoms with E-state index in [0.717, 1.165) is 11.3 Å². The lowest BCUT2D eigenvalue weighted by Crippen LogP contribution is -2.53. The van der Waals surface area contributed by atoms with Crippen LogP contribution < -0.4 is 10.6 Å². The molecule has 6 nitrogen and oxygen atoms in total. The summed E-state index contributed by atoms with van der Waals surface area (Å²) in [7, 11) is 0. The van der Waals surface area contributed by atoms with Crippen LogP contribution in [0.2, 0.25) is 0 Å². The summed E-state index contributed by atoms with van der Waals surface area (Å²) >= 11 is 0. The van der Waals surface area contributed by atoms with E-state index >= 15 is 0 Å². The number of rotatable bonds is 6. The number of carbonyl (C=O) groups is 2. The van der Waals surface area contributed by atoms with Crippen LogP contribution in [0.5, 0.6) is 0 Å². The van der Waals surface area contributed by atoms with Gasteiger partial charge in [-0.05, 0) is 38.0 Å². The third-order valence-corrected chi connectivity index (χ3v) is 3.74. The second-order valence-electron chi connectivity index (χ2n) is 5.50. The van der Waals surface area contributed by atoms with Gasteiger partial charge in [-0.3, -0.25) is 9.59 Å². The molecule has 1 aromatic rings. The first-order valence-electron chi connectivity index (χ1n) is 8.00. The number of morpholine rings is 1. The number of hydrogen-bond donors (Lipinski definition) is 2. The van der Waals surface area contributed by atoms with E-state index in [2.05, 4.69) is 10.6 Å². The van der Waals surface area contributed by atoms with Crippen molar-refractivity contribution in [1.82, 2.24) is 5.32 Å². The van der Waals surface area contributed by atoms with Crippen molar-refractivity contribution < 1.29 is 19.1 Å². The zero-order valence-corrected chi connectivity index (χ0v) is 13.6. The summed E-state index contributed by atoms with van der Waals surface area (Å²) in [4.78, 5) is 23.6. The zero-order chi connectivity index (χ0) is 16.7. The minimum Gasteiger partial charge on any atom is -0.466 e. The molecule has 0 unspecified atom stereocenters. The molecular formula is C17H24N2O4. The van der Waals surface area contributed by atoms with Crippen molar-refractivity contribution in [1.29, 1.82) is 0 Å². The molecule has 6 heteroatoms. The molecule has 0 saturated carbocycles. The first-order valence-corrected chi connectivity index (χ1v) is 8.00. The van der Waals surface area contributed by atoms with E-state index in [0.29, 0.717) is 32.6 Å². The second-order valence-corrected chi connectivity index (χ2v) is 5.50. The monoisotopic (exact) mass is 320 g/mol. The lowest BCUT2D eigenvalue weighted by molar-refractivity contribution is -0.143. The molecule has 0 aliphatic carbocycles. The van der Waals surface area contributed by atoms with Crippen LogP contribution in [-0.4, -0.2) is 43.8 Å². The van der Waals surface area contributed by atoms with Crippen molar-refractivity contribution in [3.8, 4) is 0 Å². The Balaban J connectivity index is 1.84. The SMILES string of the molecule is CCOC(=O)CCc1ccc(NC(=O)[C@H]2NCCO[C@@H]2C)cc1. The quantitative estimate of drug-likeness (QED) is 0.777. The molecule has 1 saturated heterocycles. The number of nitrogens with one attached hydrogen (secondary N) is 2. The summed E-state index contributed by atoms with van der Waals surface area (Å²) in [6, 6.07) is 7.15. The zero-order valence-electron chi connectivity index (χ0n) is 13.6. The fourth-order valence-electron chi connectivity index (χ4n) is 2.48. The van der Waals surface area contributed by atoms with Crippen LogP contribution >= 0.6 is 0 Å². The van der Waals surface area contributed by atoms with Gasteiger partial charge in [0.2, 0.25) is 5.91 Å². The van der Waals surface area contributed by atoms with Crippen LogP contribution in [0.1, 0.15) is 25.8 Å². The Morgan fingerprint density at radius 2 is 2.09 bits per heavy atom. The summed E-state index contributed by atoms with van der Waals surface area (Å²) < 4.78 is 10.4. The van der Waals surface area contributed by atoms with Crippen LogP contribution in [0, 0.1) is 0 Å². The topological polar surface area (TPSA) is 76.7 Å². The first kappa shape index (κ1) is 17.4. The summed E-state index contributed by atoms with van der Waals surface area (Å²) in [6.07, 6.45) is 0.843. The van der Waals surface area contributed by atoms with Gasteiger partial charge in [0.15, 0.2) is 0 Å². The fourth-order valence-corrected chi connectivity index (χ4v) is 2.48. The Morgan fingerprint density at radius 3 is 2.74 bits per heavy atom. The van der Waals surface area contributed by atoms with E-state index in [-0.39, 0.29) is 24.0 Å². The Labute approximate surface area is 136 Å². The van der Waals surface area contributed by atoms with E-state index in [4.69, 9.17) is 9.47 Å². The molecule has 126 valence electrons. The highest BCUT2D eigenvalue weighted by Crippen LogP contribution is 2.13. The molecule has 0 radical (unpaired) electrons. The van der Waals surface area contributed by atoms with Gasteiger partial charge in [0, 0.05) is 18.7 Å².